The van der Waals surface area contributed by atoms with Gasteiger partial charge in [-0.05, 0) is 37.0 Å². The molecule has 9 nitrogen and oxygen atoms in total. The van der Waals surface area contributed by atoms with Crippen LogP contribution in [0.5, 0.6) is 0 Å². The molecule has 30 heavy (non-hydrogen) atoms. The van der Waals surface area contributed by atoms with Crippen molar-refractivity contribution in [1.82, 2.24) is 15.1 Å². The van der Waals surface area contributed by atoms with Crippen LogP contribution in [0.3, 0.4) is 0 Å². The van der Waals surface area contributed by atoms with Gasteiger partial charge in [0.15, 0.2) is 0 Å². The van der Waals surface area contributed by atoms with E-state index in [2.05, 4.69) is 10.5 Å². The summed E-state index contributed by atoms with van der Waals surface area (Å²) < 4.78 is 10.0. The van der Waals surface area contributed by atoms with Gasteiger partial charge in [0.2, 0.25) is 17.7 Å². The first-order chi connectivity index (χ1) is 14.5. The molecule has 2 heterocycles. The molecule has 9 heteroatoms. The smallest absolute Gasteiger partial charge is 0.249 e. The molecule has 4 rings (SSSR count). The topological polar surface area (TPSA) is 108 Å². The molecule has 0 aromatic carbocycles. The zero-order chi connectivity index (χ0) is 21.1. The maximum Gasteiger partial charge on any atom is 0.249 e. The fourth-order valence-electron chi connectivity index (χ4n) is 5.14. The number of carbonyl (C=O) groups is 2. The normalized spacial score (nSPS) is 24.0. The Labute approximate surface area is 176 Å². The Balaban J connectivity index is 1.48. The van der Waals surface area contributed by atoms with Gasteiger partial charge in [-0.15, -0.1) is 0 Å². The number of nitrogens with one attached hydrogen (secondary N) is 1. The van der Waals surface area contributed by atoms with Gasteiger partial charge in [-0.3, -0.25) is 14.9 Å². The van der Waals surface area contributed by atoms with Crippen LogP contribution in [0.4, 0.5) is 5.88 Å². The Morgan fingerprint density at radius 1 is 1.43 bits per heavy atom. The molecule has 1 aromatic heterocycles. The van der Waals surface area contributed by atoms with E-state index in [1.54, 1.807) is 11.0 Å². The molecular weight excluding hydrogens is 388 g/mol. The molecule has 2 aliphatic carbocycles. The number of hydrogen-bond donors (Lipinski definition) is 2. The molecule has 2 saturated carbocycles. The fraction of sp³-hybridized carbons (Fsp3) is 0.762. The third-order valence-electron chi connectivity index (χ3n) is 6.89. The summed E-state index contributed by atoms with van der Waals surface area (Å²) in [5.41, 5.74) is 0.0718. The Morgan fingerprint density at radius 3 is 2.83 bits per heavy atom. The zero-order valence-corrected chi connectivity index (χ0v) is 17.6. The monoisotopic (exact) mass is 420 g/mol. The van der Waals surface area contributed by atoms with Crippen LogP contribution in [0, 0.1) is 17.3 Å². The lowest BCUT2D eigenvalue weighted by Crippen LogP contribution is -2.48. The molecule has 1 spiro atoms. The van der Waals surface area contributed by atoms with E-state index in [9.17, 15) is 14.8 Å². The van der Waals surface area contributed by atoms with Crippen molar-refractivity contribution in [3.05, 3.63) is 12.3 Å². The van der Waals surface area contributed by atoms with Crippen LogP contribution in [0.15, 0.2) is 16.8 Å². The van der Waals surface area contributed by atoms with Gasteiger partial charge in [-0.1, -0.05) is 30.8 Å². The Kier molecular flexibility index (Phi) is 6.40. The maximum absolute atomic E-state index is 13.6. The lowest BCUT2D eigenvalue weighted by atomic mass is 9.91. The molecule has 0 radical (unpaired) electrons. The number of carbonyl (C=O) groups excluding carboxylic acids is 2. The fourth-order valence-corrected chi connectivity index (χ4v) is 5.14. The van der Waals surface area contributed by atoms with Crippen molar-refractivity contribution in [2.45, 2.75) is 57.4 Å². The molecule has 0 bridgehead atoms. The van der Waals surface area contributed by atoms with Crippen LogP contribution >= 0.6 is 0 Å². The van der Waals surface area contributed by atoms with Crippen LogP contribution in [0.2, 0.25) is 0 Å². The molecule has 3 aliphatic rings. The number of ether oxygens (including phenoxy) is 1. The predicted molar refractivity (Wildman–Crippen MR) is 107 cm³/mol. The van der Waals surface area contributed by atoms with E-state index >= 15 is 0 Å². The number of nitrogens with zero attached hydrogens (tertiary/aromatic N) is 3. The minimum absolute atomic E-state index is 0.0430. The van der Waals surface area contributed by atoms with Gasteiger partial charge in [-0.2, -0.15) is 5.06 Å². The van der Waals surface area contributed by atoms with E-state index in [1.165, 1.54) is 26.1 Å². The molecule has 0 unspecified atom stereocenters. The van der Waals surface area contributed by atoms with Crippen LogP contribution in [0.25, 0.3) is 0 Å². The molecule has 3 fully saturated rings. The largest absolute Gasteiger partial charge is 0.367 e. The second kappa shape index (κ2) is 9.03. The molecular formula is C21H32N4O5. The summed E-state index contributed by atoms with van der Waals surface area (Å²) >= 11 is 0. The third-order valence-corrected chi connectivity index (χ3v) is 6.89. The number of methoxy groups -OCH3 is 1. The van der Waals surface area contributed by atoms with Gasteiger partial charge in [0.1, 0.15) is 12.8 Å². The second-order valence-electron chi connectivity index (χ2n) is 9.24. The number of hydrogen-bond acceptors (Lipinski definition) is 7. The van der Waals surface area contributed by atoms with E-state index < -0.39 is 6.04 Å². The second-order valence-corrected chi connectivity index (χ2v) is 9.24. The van der Waals surface area contributed by atoms with Gasteiger partial charge >= 0.3 is 0 Å². The Morgan fingerprint density at radius 2 is 2.20 bits per heavy atom. The van der Waals surface area contributed by atoms with E-state index in [0.29, 0.717) is 18.9 Å². The van der Waals surface area contributed by atoms with Gasteiger partial charge < -0.3 is 19.4 Å². The summed E-state index contributed by atoms with van der Waals surface area (Å²) in [6, 6.07) is 1.06. The number of hydroxylamine groups is 2. The summed E-state index contributed by atoms with van der Waals surface area (Å²) in [6.07, 6.45) is 9.62. The van der Waals surface area contributed by atoms with Crippen molar-refractivity contribution in [1.29, 1.82) is 0 Å². The lowest BCUT2D eigenvalue weighted by Gasteiger charge is -2.30. The number of amides is 2. The van der Waals surface area contributed by atoms with Crippen molar-refractivity contribution in [3.8, 4) is 0 Å². The number of likely N-dealkylation sites (tertiary alicyclic amines) is 1. The Hall–Kier alpha value is -1.97. The van der Waals surface area contributed by atoms with Gasteiger partial charge in [0, 0.05) is 26.3 Å². The van der Waals surface area contributed by atoms with Crippen molar-refractivity contribution in [2.75, 3.05) is 32.2 Å². The van der Waals surface area contributed by atoms with Crippen molar-refractivity contribution >= 4 is 17.7 Å². The summed E-state index contributed by atoms with van der Waals surface area (Å²) in [5, 5.41) is 17.6. The predicted octanol–water partition coefficient (Wildman–Crippen LogP) is 2.49. The summed E-state index contributed by atoms with van der Waals surface area (Å²) in [5.74, 6) is 0.143. The standard InChI is InChI=1S/C21H32N4O5/c1-29-14-24(28)12-16(10-15-4-2-3-5-15)20(27)25-13-21(7-8-21)11-17(25)19(26)23-18-6-9-22-30-18/h6,9,15-17,28H,2-5,7-8,10-14H2,1H3,(H,23,26)/t16-,17+/m1/s1. The summed E-state index contributed by atoms with van der Waals surface area (Å²) in [7, 11) is 1.51. The average molecular weight is 421 g/mol. The maximum atomic E-state index is 13.6. The Bertz CT molecular complexity index is 730. The summed E-state index contributed by atoms with van der Waals surface area (Å²) in [6.45, 7) is 0.869. The van der Waals surface area contributed by atoms with Crippen molar-refractivity contribution < 1.29 is 24.1 Å². The third kappa shape index (κ3) is 4.84. The first-order valence-corrected chi connectivity index (χ1v) is 10.9. The molecule has 2 N–H and O–H groups in total. The van der Waals surface area contributed by atoms with E-state index in [-0.39, 0.29) is 42.3 Å². The molecule has 2 amide bonds. The molecule has 166 valence electrons. The van der Waals surface area contributed by atoms with Crippen LogP contribution in [-0.2, 0) is 14.3 Å². The minimum Gasteiger partial charge on any atom is -0.367 e. The molecule has 2 atom stereocenters. The highest BCUT2D eigenvalue weighted by atomic mass is 16.6. The number of aromatic nitrogens is 1. The average Bonchev–Trinajstić information content (AvgIpc) is 3.14. The molecule has 1 aliphatic heterocycles. The zero-order valence-electron chi connectivity index (χ0n) is 17.6. The van der Waals surface area contributed by atoms with Crippen LogP contribution in [-0.4, -0.2) is 65.1 Å². The van der Waals surface area contributed by atoms with E-state index in [0.717, 1.165) is 37.2 Å². The highest BCUT2D eigenvalue weighted by Gasteiger charge is 2.55. The van der Waals surface area contributed by atoms with Gasteiger partial charge in [0.25, 0.3) is 0 Å². The highest BCUT2D eigenvalue weighted by molar-refractivity contribution is 5.97. The SMILES string of the molecule is COCN(O)C[C@@H](CC1CCCC1)C(=O)N1CC2(CC2)C[C@H]1C(=O)Nc1ccno1. The quantitative estimate of drug-likeness (QED) is 0.467. The van der Waals surface area contributed by atoms with Crippen LogP contribution < -0.4 is 5.32 Å². The van der Waals surface area contributed by atoms with Crippen molar-refractivity contribution in [3.63, 3.8) is 0 Å². The van der Waals surface area contributed by atoms with Crippen LogP contribution in [0.1, 0.15) is 51.4 Å². The first kappa shape index (κ1) is 21.3. The highest BCUT2D eigenvalue weighted by Crippen LogP contribution is 2.55. The molecule has 1 saturated heterocycles. The minimum atomic E-state index is -0.522. The van der Waals surface area contributed by atoms with Gasteiger partial charge in [0.05, 0.1) is 12.1 Å². The number of rotatable bonds is 9. The van der Waals surface area contributed by atoms with E-state index in [4.69, 9.17) is 9.26 Å². The molecule has 1 aromatic rings. The summed E-state index contributed by atoms with van der Waals surface area (Å²) in [4.78, 5) is 28.3. The first-order valence-electron chi connectivity index (χ1n) is 10.9. The van der Waals surface area contributed by atoms with Gasteiger partial charge in [-0.25, -0.2) is 0 Å². The number of anilines is 1. The van der Waals surface area contributed by atoms with E-state index in [1.807, 2.05) is 0 Å². The lowest BCUT2D eigenvalue weighted by molar-refractivity contribution is -0.169. The van der Waals surface area contributed by atoms with Crippen molar-refractivity contribution in [2.24, 2.45) is 17.3 Å².